The molecule has 1 unspecified atom stereocenters. The molecule has 0 saturated carbocycles. The van der Waals surface area contributed by atoms with E-state index in [1.807, 2.05) is 13.0 Å². The smallest absolute Gasteiger partial charge is 0.175 e. The van der Waals surface area contributed by atoms with Gasteiger partial charge in [0.25, 0.3) is 0 Å². The standard InChI is InChI=1S/C12H17NO3S/c1-9-3-4-11(17(2,14)15)7-12(9)13-10-5-6-16-8-10/h3-4,7,10,13H,5-6,8H2,1-2H3. The third-order valence-electron chi connectivity index (χ3n) is 2.93. The van der Waals surface area contributed by atoms with Gasteiger partial charge in [0.1, 0.15) is 0 Å². The van der Waals surface area contributed by atoms with Crippen molar-refractivity contribution >= 4 is 15.5 Å². The summed E-state index contributed by atoms with van der Waals surface area (Å²) >= 11 is 0. The lowest BCUT2D eigenvalue weighted by Crippen LogP contribution is -2.19. The van der Waals surface area contributed by atoms with E-state index in [2.05, 4.69) is 5.32 Å². The minimum atomic E-state index is -3.15. The van der Waals surface area contributed by atoms with Crippen LogP contribution in [-0.4, -0.2) is 33.9 Å². The summed E-state index contributed by atoms with van der Waals surface area (Å²) in [6, 6.07) is 5.45. The summed E-state index contributed by atoms with van der Waals surface area (Å²) < 4.78 is 28.2. The van der Waals surface area contributed by atoms with Gasteiger partial charge in [0, 0.05) is 18.6 Å². The molecule has 1 fully saturated rings. The third-order valence-corrected chi connectivity index (χ3v) is 4.04. The quantitative estimate of drug-likeness (QED) is 0.891. The number of sulfone groups is 1. The fourth-order valence-electron chi connectivity index (χ4n) is 1.86. The molecule has 1 atom stereocenters. The van der Waals surface area contributed by atoms with Gasteiger partial charge >= 0.3 is 0 Å². The van der Waals surface area contributed by atoms with Gasteiger partial charge in [-0.25, -0.2) is 8.42 Å². The predicted molar refractivity (Wildman–Crippen MR) is 67.1 cm³/mol. The molecule has 0 radical (unpaired) electrons. The maximum Gasteiger partial charge on any atom is 0.175 e. The van der Waals surface area contributed by atoms with Crippen molar-refractivity contribution in [3.63, 3.8) is 0 Å². The van der Waals surface area contributed by atoms with Crippen LogP contribution >= 0.6 is 0 Å². The van der Waals surface area contributed by atoms with Gasteiger partial charge < -0.3 is 10.1 Å². The number of hydrogen-bond acceptors (Lipinski definition) is 4. The molecule has 1 aromatic carbocycles. The van der Waals surface area contributed by atoms with Gasteiger partial charge in [-0.05, 0) is 31.0 Å². The Morgan fingerprint density at radius 2 is 2.18 bits per heavy atom. The van der Waals surface area contributed by atoms with Gasteiger partial charge in [-0.3, -0.25) is 0 Å². The Bertz CT molecular complexity index is 504. The molecule has 1 aliphatic rings. The second-order valence-corrected chi connectivity index (χ2v) is 6.47. The van der Waals surface area contributed by atoms with Crippen LogP contribution in [0.15, 0.2) is 23.1 Å². The number of rotatable bonds is 3. The third kappa shape index (κ3) is 2.98. The molecule has 1 heterocycles. The molecule has 1 N–H and O–H groups in total. The van der Waals surface area contributed by atoms with Crippen molar-refractivity contribution in [3.05, 3.63) is 23.8 Å². The van der Waals surface area contributed by atoms with Crippen LogP contribution in [0, 0.1) is 6.92 Å². The first kappa shape index (κ1) is 12.4. The lowest BCUT2D eigenvalue weighted by molar-refractivity contribution is 0.195. The van der Waals surface area contributed by atoms with Crippen molar-refractivity contribution in [2.75, 3.05) is 24.8 Å². The van der Waals surface area contributed by atoms with Crippen LogP contribution in [0.2, 0.25) is 0 Å². The molecule has 0 bridgehead atoms. The highest BCUT2D eigenvalue weighted by Gasteiger charge is 2.17. The lowest BCUT2D eigenvalue weighted by Gasteiger charge is -2.15. The van der Waals surface area contributed by atoms with Crippen molar-refractivity contribution in [3.8, 4) is 0 Å². The Hall–Kier alpha value is -1.07. The molecule has 0 amide bonds. The van der Waals surface area contributed by atoms with E-state index < -0.39 is 9.84 Å². The average molecular weight is 255 g/mol. The summed E-state index contributed by atoms with van der Waals surface area (Å²) in [5.74, 6) is 0. The van der Waals surface area contributed by atoms with Crippen molar-refractivity contribution in [1.29, 1.82) is 0 Å². The first-order valence-electron chi connectivity index (χ1n) is 5.62. The second kappa shape index (κ2) is 4.66. The van der Waals surface area contributed by atoms with E-state index in [0.717, 1.165) is 24.3 Å². The molecule has 94 valence electrons. The molecule has 2 rings (SSSR count). The van der Waals surface area contributed by atoms with Crippen LogP contribution in [0.4, 0.5) is 5.69 Å². The maximum atomic E-state index is 11.5. The molecule has 4 nitrogen and oxygen atoms in total. The van der Waals surface area contributed by atoms with Crippen LogP contribution in [0.1, 0.15) is 12.0 Å². The first-order valence-corrected chi connectivity index (χ1v) is 7.51. The monoisotopic (exact) mass is 255 g/mol. The fraction of sp³-hybridized carbons (Fsp3) is 0.500. The molecule has 1 aliphatic heterocycles. The van der Waals surface area contributed by atoms with Crippen LogP contribution in [0.5, 0.6) is 0 Å². The largest absolute Gasteiger partial charge is 0.380 e. The van der Waals surface area contributed by atoms with Gasteiger partial charge in [-0.15, -0.1) is 0 Å². The number of benzene rings is 1. The van der Waals surface area contributed by atoms with E-state index in [1.165, 1.54) is 6.26 Å². The SMILES string of the molecule is Cc1ccc(S(C)(=O)=O)cc1NC1CCOC1. The summed E-state index contributed by atoms with van der Waals surface area (Å²) in [5, 5.41) is 3.33. The zero-order chi connectivity index (χ0) is 12.5. The van der Waals surface area contributed by atoms with Gasteiger partial charge in [-0.1, -0.05) is 6.07 Å². The van der Waals surface area contributed by atoms with Crippen molar-refractivity contribution < 1.29 is 13.2 Å². The Morgan fingerprint density at radius 3 is 2.76 bits per heavy atom. The molecule has 5 heteroatoms. The van der Waals surface area contributed by atoms with Gasteiger partial charge in [-0.2, -0.15) is 0 Å². The first-order chi connectivity index (χ1) is 7.97. The molecular formula is C12H17NO3S. The summed E-state index contributed by atoms with van der Waals surface area (Å²) in [5.41, 5.74) is 1.92. The van der Waals surface area contributed by atoms with E-state index in [-0.39, 0.29) is 6.04 Å². The Labute approximate surface area is 102 Å². The van der Waals surface area contributed by atoms with E-state index >= 15 is 0 Å². The van der Waals surface area contributed by atoms with Crippen molar-refractivity contribution in [2.45, 2.75) is 24.3 Å². The Balaban J connectivity index is 2.26. The Morgan fingerprint density at radius 1 is 1.41 bits per heavy atom. The highest BCUT2D eigenvalue weighted by Crippen LogP contribution is 2.22. The van der Waals surface area contributed by atoms with Gasteiger partial charge in [0.05, 0.1) is 17.5 Å². The number of anilines is 1. The van der Waals surface area contributed by atoms with Crippen LogP contribution < -0.4 is 5.32 Å². The highest BCUT2D eigenvalue weighted by atomic mass is 32.2. The zero-order valence-electron chi connectivity index (χ0n) is 10.1. The van der Waals surface area contributed by atoms with E-state index in [4.69, 9.17) is 4.74 Å². The molecule has 0 spiro atoms. The van der Waals surface area contributed by atoms with Gasteiger partial charge in [0.2, 0.25) is 0 Å². The van der Waals surface area contributed by atoms with E-state index in [9.17, 15) is 8.42 Å². The van der Waals surface area contributed by atoms with Crippen molar-refractivity contribution in [2.24, 2.45) is 0 Å². The molecule has 1 aromatic rings. The lowest BCUT2D eigenvalue weighted by atomic mass is 10.1. The molecule has 1 saturated heterocycles. The molecule has 0 aromatic heterocycles. The minimum Gasteiger partial charge on any atom is -0.380 e. The summed E-state index contributed by atoms with van der Waals surface area (Å²) in [4.78, 5) is 0.351. The predicted octanol–water partition coefficient (Wildman–Crippen LogP) is 1.60. The van der Waals surface area contributed by atoms with Crippen molar-refractivity contribution in [1.82, 2.24) is 0 Å². The highest BCUT2D eigenvalue weighted by molar-refractivity contribution is 7.90. The average Bonchev–Trinajstić information content (AvgIpc) is 2.72. The maximum absolute atomic E-state index is 11.5. The number of ether oxygens (including phenoxy) is 1. The summed E-state index contributed by atoms with van der Waals surface area (Å²) in [6.45, 7) is 3.41. The fourth-order valence-corrected chi connectivity index (χ4v) is 2.50. The van der Waals surface area contributed by atoms with Gasteiger partial charge in [0.15, 0.2) is 9.84 Å². The number of nitrogens with one attached hydrogen (secondary N) is 1. The molecule has 0 aliphatic carbocycles. The topological polar surface area (TPSA) is 55.4 Å². The van der Waals surface area contributed by atoms with Crippen LogP contribution in [0.25, 0.3) is 0 Å². The Kier molecular flexibility index (Phi) is 3.40. The van der Waals surface area contributed by atoms with Crippen LogP contribution in [-0.2, 0) is 14.6 Å². The normalized spacial score (nSPS) is 20.5. The number of hydrogen-bond donors (Lipinski definition) is 1. The molecule has 17 heavy (non-hydrogen) atoms. The zero-order valence-corrected chi connectivity index (χ0v) is 10.9. The minimum absolute atomic E-state index is 0.281. The second-order valence-electron chi connectivity index (χ2n) is 4.45. The van der Waals surface area contributed by atoms with E-state index in [1.54, 1.807) is 12.1 Å². The summed E-state index contributed by atoms with van der Waals surface area (Å²) in [6.07, 6.45) is 2.18. The van der Waals surface area contributed by atoms with Crippen LogP contribution in [0.3, 0.4) is 0 Å². The van der Waals surface area contributed by atoms with E-state index in [0.29, 0.717) is 11.5 Å². The molecular weight excluding hydrogens is 238 g/mol. The number of aryl methyl sites for hydroxylation is 1. The summed E-state index contributed by atoms with van der Waals surface area (Å²) in [7, 11) is -3.15.